The zero-order valence-electron chi connectivity index (χ0n) is 20.5. The number of benzene rings is 2. The number of aromatic nitrogens is 3. The number of amides is 1. The van der Waals surface area contributed by atoms with Crippen molar-refractivity contribution in [1.29, 1.82) is 0 Å². The third kappa shape index (κ3) is 4.64. The van der Waals surface area contributed by atoms with Crippen LogP contribution in [-0.4, -0.2) is 45.9 Å². The van der Waals surface area contributed by atoms with Gasteiger partial charge in [0, 0.05) is 18.3 Å². The molecule has 2 aromatic carbocycles. The summed E-state index contributed by atoms with van der Waals surface area (Å²) in [5.74, 6) is 1.77. The number of carbonyl (C=O) groups excluding carboxylic acids is 1. The number of carbonyl (C=O) groups is 1. The molecule has 1 aliphatic carbocycles. The Morgan fingerprint density at radius 2 is 1.89 bits per heavy atom. The number of methoxy groups -OCH3 is 2. The summed E-state index contributed by atoms with van der Waals surface area (Å²) in [6.45, 7) is 0.346. The van der Waals surface area contributed by atoms with Crippen molar-refractivity contribution in [2.75, 3.05) is 14.2 Å². The lowest BCUT2D eigenvalue weighted by Gasteiger charge is -2.30. The largest absolute Gasteiger partial charge is 0.493 e. The summed E-state index contributed by atoms with van der Waals surface area (Å²) >= 11 is 0. The quantitative estimate of drug-likeness (QED) is 0.399. The van der Waals surface area contributed by atoms with E-state index >= 15 is 0 Å². The summed E-state index contributed by atoms with van der Waals surface area (Å²) in [7, 11) is 3.17. The molecule has 0 spiro atoms. The minimum atomic E-state index is -0.442. The number of ether oxygens (including phenoxy) is 2. The molecular weight excluding hydrogens is 456 g/mol. The van der Waals surface area contributed by atoms with Crippen LogP contribution in [0.5, 0.6) is 11.5 Å². The maximum absolute atomic E-state index is 13.0. The van der Waals surface area contributed by atoms with E-state index in [4.69, 9.17) is 14.5 Å². The molecule has 0 unspecified atom stereocenters. The molecular formula is C28H30N4O4. The van der Waals surface area contributed by atoms with E-state index in [2.05, 4.69) is 14.9 Å². The Kier molecular flexibility index (Phi) is 6.86. The number of nitrogens with zero attached hydrogens (tertiary/aromatic N) is 3. The minimum Gasteiger partial charge on any atom is -0.493 e. The van der Waals surface area contributed by atoms with Crippen molar-refractivity contribution in [3.05, 3.63) is 71.9 Å². The van der Waals surface area contributed by atoms with Gasteiger partial charge in [-0.05, 0) is 60.9 Å². The summed E-state index contributed by atoms with van der Waals surface area (Å²) in [6, 6.07) is 16.7. The molecule has 4 aromatic rings. The molecule has 8 heteroatoms. The van der Waals surface area contributed by atoms with Gasteiger partial charge in [0.2, 0.25) is 0 Å². The molecule has 1 amide bonds. The maximum atomic E-state index is 13.0. The number of imidazole rings is 1. The standard InChI is InChI=1S/C28H30N4O4/c1-35-25-13-10-18(15-26(25)36-2)17-30-28(34)19-11-12-22-21(16-19)31-27(20-7-5-6-14-29-20)32(22)23-8-3-4-9-24(23)33/h5-7,10-16,23-24,33H,3-4,8-9,17H2,1-2H3,(H,30,34)/t23-,24-/m0/s1. The highest BCUT2D eigenvalue weighted by molar-refractivity contribution is 5.97. The average Bonchev–Trinajstić information content (AvgIpc) is 3.31. The highest BCUT2D eigenvalue weighted by Gasteiger charge is 2.29. The Hall–Kier alpha value is -3.91. The average molecular weight is 487 g/mol. The Bertz CT molecular complexity index is 1370. The Labute approximate surface area is 209 Å². The molecule has 0 bridgehead atoms. The Morgan fingerprint density at radius 3 is 2.64 bits per heavy atom. The number of rotatable bonds is 7. The number of aliphatic hydroxyl groups excluding tert-OH is 1. The summed E-state index contributed by atoms with van der Waals surface area (Å²) in [4.78, 5) is 22.4. The van der Waals surface area contributed by atoms with Crippen LogP contribution in [-0.2, 0) is 6.54 Å². The van der Waals surface area contributed by atoms with Crippen LogP contribution in [0.1, 0.15) is 47.6 Å². The van der Waals surface area contributed by atoms with Gasteiger partial charge in [-0.1, -0.05) is 25.0 Å². The van der Waals surface area contributed by atoms with Gasteiger partial charge in [0.25, 0.3) is 5.91 Å². The fourth-order valence-corrected chi connectivity index (χ4v) is 4.92. The molecule has 0 saturated heterocycles. The molecule has 8 nitrogen and oxygen atoms in total. The van der Waals surface area contributed by atoms with Crippen LogP contribution in [0.15, 0.2) is 60.8 Å². The number of hydrogen-bond donors (Lipinski definition) is 2. The highest BCUT2D eigenvalue weighted by atomic mass is 16.5. The first-order valence-corrected chi connectivity index (χ1v) is 12.2. The highest BCUT2D eigenvalue weighted by Crippen LogP contribution is 2.36. The second kappa shape index (κ2) is 10.4. The normalized spacial score (nSPS) is 17.6. The first-order chi connectivity index (χ1) is 17.6. The van der Waals surface area contributed by atoms with Gasteiger partial charge in [-0.15, -0.1) is 0 Å². The molecule has 1 saturated carbocycles. The third-order valence-electron chi connectivity index (χ3n) is 6.77. The van der Waals surface area contributed by atoms with Gasteiger partial charge in [-0.25, -0.2) is 4.98 Å². The van der Waals surface area contributed by atoms with Crippen molar-refractivity contribution in [3.8, 4) is 23.0 Å². The molecule has 2 N–H and O–H groups in total. The molecule has 2 aromatic heterocycles. The van der Waals surface area contributed by atoms with Crippen LogP contribution in [0.3, 0.4) is 0 Å². The van der Waals surface area contributed by atoms with Gasteiger partial charge in [0.05, 0.1) is 37.4 Å². The molecule has 1 aliphatic rings. The van der Waals surface area contributed by atoms with Gasteiger partial charge in [-0.2, -0.15) is 0 Å². The smallest absolute Gasteiger partial charge is 0.251 e. The van der Waals surface area contributed by atoms with E-state index in [0.29, 0.717) is 34.9 Å². The van der Waals surface area contributed by atoms with Crippen molar-refractivity contribution < 1.29 is 19.4 Å². The van der Waals surface area contributed by atoms with E-state index < -0.39 is 6.10 Å². The predicted octanol–water partition coefficient (Wildman–Crippen LogP) is 4.52. The summed E-state index contributed by atoms with van der Waals surface area (Å²) in [5, 5.41) is 13.8. The SMILES string of the molecule is COc1ccc(CNC(=O)c2ccc3c(c2)nc(-c2ccccn2)n3[C@H]2CCCC[C@@H]2O)cc1OC. The van der Waals surface area contributed by atoms with E-state index in [1.165, 1.54) is 0 Å². The van der Waals surface area contributed by atoms with Crippen LogP contribution in [0, 0.1) is 0 Å². The zero-order chi connectivity index (χ0) is 25.1. The summed E-state index contributed by atoms with van der Waals surface area (Å²) in [6.07, 6.45) is 5.02. The monoisotopic (exact) mass is 486 g/mol. The molecule has 186 valence electrons. The molecule has 0 aliphatic heterocycles. The zero-order valence-corrected chi connectivity index (χ0v) is 20.5. The number of hydrogen-bond acceptors (Lipinski definition) is 6. The second-order valence-electron chi connectivity index (χ2n) is 9.02. The Morgan fingerprint density at radius 1 is 1.06 bits per heavy atom. The lowest BCUT2D eigenvalue weighted by molar-refractivity contribution is 0.0780. The number of nitrogens with one attached hydrogen (secondary N) is 1. The van der Waals surface area contributed by atoms with Gasteiger partial charge in [0.1, 0.15) is 5.69 Å². The number of fused-ring (bicyclic) bond motifs is 1. The fourth-order valence-electron chi connectivity index (χ4n) is 4.92. The van der Waals surface area contributed by atoms with Crippen molar-refractivity contribution >= 4 is 16.9 Å². The van der Waals surface area contributed by atoms with Crippen molar-refractivity contribution in [2.24, 2.45) is 0 Å². The third-order valence-corrected chi connectivity index (χ3v) is 6.77. The first-order valence-electron chi connectivity index (χ1n) is 12.2. The van der Waals surface area contributed by atoms with Crippen molar-refractivity contribution in [1.82, 2.24) is 19.9 Å². The molecule has 1 fully saturated rings. The van der Waals surface area contributed by atoms with Gasteiger partial charge < -0.3 is 24.5 Å². The maximum Gasteiger partial charge on any atom is 0.251 e. The molecule has 2 atom stereocenters. The number of pyridine rings is 1. The minimum absolute atomic E-state index is 0.0783. The van der Waals surface area contributed by atoms with Crippen LogP contribution in [0.25, 0.3) is 22.6 Å². The van der Waals surface area contributed by atoms with E-state index in [1.54, 1.807) is 26.5 Å². The van der Waals surface area contributed by atoms with E-state index in [9.17, 15) is 9.90 Å². The van der Waals surface area contributed by atoms with Crippen LogP contribution in [0.2, 0.25) is 0 Å². The fraction of sp³-hybridized carbons (Fsp3) is 0.321. The van der Waals surface area contributed by atoms with Gasteiger partial charge in [0.15, 0.2) is 17.3 Å². The van der Waals surface area contributed by atoms with Gasteiger partial charge in [-0.3, -0.25) is 9.78 Å². The van der Waals surface area contributed by atoms with Crippen LogP contribution >= 0.6 is 0 Å². The van der Waals surface area contributed by atoms with Crippen LogP contribution < -0.4 is 14.8 Å². The Balaban J connectivity index is 1.44. The lowest BCUT2D eigenvalue weighted by atomic mass is 9.92. The van der Waals surface area contributed by atoms with E-state index in [-0.39, 0.29) is 11.9 Å². The van der Waals surface area contributed by atoms with E-state index in [1.807, 2.05) is 48.5 Å². The lowest BCUT2D eigenvalue weighted by Crippen LogP contribution is -2.28. The summed E-state index contributed by atoms with van der Waals surface area (Å²) < 4.78 is 12.7. The topological polar surface area (TPSA) is 98.5 Å². The van der Waals surface area contributed by atoms with Crippen molar-refractivity contribution in [3.63, 3.8) is 0 Å². The predicted molar refractivity (Wildman–Crippen MR) is 137 cm³/mol. The van der Waals surface area contributed by atoms with Crippen LogP contribution in [0.4, 0.5) is 0 Å². The molecule has 36 heavy (non-hydrogen) atoms. The van der Waals surface area contributed by atoms with E-state index in [0.717, 1.165) is 42.5 Å². The molecule has 0 radical (unpaired) electrons. The second-order valence-corrected chi connectivity index (χ2v) is 9.02. The summed E-state index contributed by atoms with van der Waals surface area (Å²) in [5.41, 5.74) is 3.75. The van der Waals surface area contributed by atoms with Crippen molar-refractivity contribution in [2.45, 2.75) is 44.4 Å². The first kappa shape index (κ1) is 23.8. The number of aliphatic hydroxyl groups is 1. The molecule has 5 rings (SSSR count). The molecule has 2 heterocycles. The van der Waals surface area contributed by atoms with Gasteiger partial charge >= 0.3 is 0 Å².